The molecule has 2 amide bonds. The van der Waals surface area contributed by atoms with Gasteiger partial charge in [-0.3, -0.25) is 4.79 Å². The molecular weight excluding hydrogens is 467 g/mol. The number of carbonyl (C=O) groups is 2. The fraction of sp³-hybridized carbons (Fsp3) is 0.542. The number of likely N-dealkylation sites (tertiary alicyclic amines) is 1. The van der Waals surface area contributed by atoms with E-state index in [-0.39, 0.29) is 24.3 Å². The molecule has 1 aromatic heterocycles. The number of thiazole rings is 1. The minimum absolute atomic E-state index is 0.0557. The molecule has 0 N–H and O–H groups in total. The molecular formula is C24H30F3N3O3S. The zero-order chi connectivity index (χ0) is 25.1. The lowest BCUT2D eigenvalue weighted by Gasteiger charge is -2.34. The zero-order valence-electron chi connectivity index (χ0n) is 19.8. The Balaban J connectivity index is 1.51. The van der Waals surface area contributed by atoms with Gasteiger partial charge in [0.05, 0.1) is 17.7 Å². The lowest BCUT2D eigenvalue weighted by atomic mass is 9.96. The van der Waals surface area contributed by atoms with E-state index in [9.17, 15) is 22.8 Å². The van der Waals surface area contributed by atoms with Gasteiger partial charge in [-0.05, 0) is 51.7 Å². The van der Waals surface area contributed by atoms with Crippen molar-refractivity contribution in [1.82, 2.24) is 14.8 Å². The van der Waals surface area contributed by atoms with E-state index in [0.29, 0.717) is 35.9 Å². The Kier molecular flexibility index (Phi) is 7.90. The summed E-state index contributed by atoms with van der Waals surface area (Å²) >= 11 is 1.23. The molecule has 6 nitrogen and oxygen atoms in total. The van der Waals surface area contributed by atoms with Crippen molar-refractivity contribution in [3.05, 3.63) is 40.9 Å². The second-order valence-electron chi connectivity index (χ2n) is 9.58. The Morgan fingerprint density at radius 1 is 1.21 bits per heavy atom. The van der Waals surface area contributed by atoms with Crippen molar-refractivity contribution >= 4 is 23.3 Å². The van der Waals surface area contributed by atoms with Gasteiger partial charge in [-0.25, -0.2) is 9.78 Å². The molecule has 2 heterocycles. The molecule has 2 aromatic rings. The summed E-state index contributed by atoms with van der Waals surface area (Å²) in [5, 5.41) is 2.17. The summed E-state index contributed by atoms with van der Waals surface area (Å²) in [6.45, 7) is 7.24. The highest BCUT2D eigenvalue weighted by Gasteiger charge is 2.31. The number of ether oxygens (including phenoxy) is 1. The largest absolute Gasteiger partial charge is 0.444 e. The molecule has 0 aliphatic carbocycles. The maximum Gasteiger partial charge on any atom is 0.416 e. The normalized spacial score (nSPS) is 15.3. The van der Waals surface area contributed by atoms with E-state index in [0.717, 1.165) is 25.0 Å². The van der Waals surface area contributed by atoms with Crippen LogP contribution in [0.1, 0.15) is 44.9 Å². The summed E-state index contributed by atoms with van der Waals surface area (Å²) in [5.41, 5.74) is -0.335. The van der Waals surface area contributed by atoms with Crippen molar-refractivity contribution < 1.29 is 27.5 Å². The predicted octanol–water partition coefficient (Wildman–Crippen LogP) is 5.48. The van der Waals surface area contributed by atoms with Gasteiger partial charge in [-0.1, -0.05) is 12.1 Å². The van der Waals surface area contributed by atoms with Crippen LogP contribution >= 0.6 is 11.3 Å². The summed E-state index contributed by atoms with van der Waals surface area (Å²) < 4.78 is 44.3. The van der Waals surface area contributed by atoms with Gasteiger partial charge in [0.15, 0.2) is 0 Å². The molecule has 0 spiro atoms. The van der Waals surface area contributed by atoms with Crippen molar-refractivity contribution in [3.63, 3.8) is 0 Å². The maximum atomic E-state index is 13.0. The molecule has 10 heteroatoms. The number of alkyl halides is 3. The van der Waals surface area contributed by atoms with Gasteiger partial charge in [0.25, 0.3) is 0 Å². The van der Waals surface area contributed by atoms with Crippen LogP contribution in [0.3, 0.4) is 0 Å². The fourth-order valence-electron chi connectivity index (χ4n) is 3.78. The first kappa shape index (κ1) is 26.0. The Labute approximate surface area is 201 Å². The summed E-state index contributed by atoms with van der Waals surface area (Å²) in [6, 6.07) is 5.04. The van der Waals surface area contributed by atoms with E-state index in [1.807, 2.05) is 20.8 Å². The monoisotopic (exact) mass is 497 g/mol. The number of piperidine rings is 1. The molecule has 1 aromatic carbocycles. The van der Waals surface area contributed by atoms with Crippen LogP contribution in [-0.2, 0) is 22.1 Å². The Morgan fingerprint density at radius 3 is 2.50 bits per heavy atom. The molecule has 0 unspecified atom stereocenters. The Bertz CT molecular complexity index is 1010. The van der Waals surface area contributed by atoms with Crippen molar-refractivity contribution in [2.24, 2.45) is 5.92 Å². The van der Waals surface area contributed by atoms with E-state index >= 15 is 0 Å². The van der Waals surface area contributed by atoms with Crippen molar-refractivity contribution in [2.75, 3.05) is 26.7 Å². The smallest absolute Gasteiger partial charge is 0.416 e. The first-order valence-corrected chi connectivity index (χ1v) is 12.0. The molecule has 1 aliphatic rings. The summed E-state index contributed by atoms with van der Waals surface area (Å²) in [7, 11) is 1.72. The van der Waals surface area contributed by atoms with E-state index in [2.05, 4.69) is 4.98 Å². The average molecular weight is 498 g/mol. The van der Waals surface area contributed by atoms with Crippen LogP contribution in [0.15, 0.2) is 29.6 Å². The third-order valence-electron chi connectivity index (χ3n) is 5.53. The minimum atomic E-state index is -4.42. The number of hydrogen-bond donors (Lipinski definition) is 0. The van der Waals surface area contributed by atoms with Crippen LogP contribution < -0.4 is 0 Å². The van der Waals surface area contributed by atoms with Gasteiger partial charge in [-0.2, -0.15) is 13.2 Å². The highest BCUT2D eigenvalue weighted by molar-refractivity contribution is 7.13. The van der Waals surface area contributed by atoms with Crippen LogP contribution in [0.4, 0.5) is 18.0 Å². The molecule has 0 bridgehead atoms. The van der Waals surface area contributed by atoms with Gasteiger partial charge >= 0.3 is 12.3 Å². The number of benzene rings is 1. The SMILES string of the molecule is CN(CC1CCN(C(=O)Cc2csc(-c3cccc(C(F)(F)F)c3)n2)CC1)C(=O)OC(C)(C)C. The van der Waals surface area contributed by atoms with E-state index < -0.39 is 17.3 Å². The lowest BCUT2D eigenvalue weighted by Crippen LogP contribution is -2.43. The number of carbonyl (C=O) groups excluding carboxylic acids is 2. The molecule has 34 heavy (non-hydrogen) atoms. The van der Waals surface area contributed by atoms with E-state index in [1.54, 1.807) is 28.3 Å². The number of rotatable bonds is 5. The molecule has 0 atom stereocenters. The topological polar surface area (TPSA) is 62.7 Å². The van der Waals surface area contributed by atoms with E-state index in [1.165, 1.54) is 17.4 Å². The zero-order valence-corrected chi connectivity index (χ0v) is 20.6. The standard InChI is InChI=1S/C24H30F3N3O3S/c1-23(2,3)33-22(32)29(4)14-16-8-10-30(11-9-16)20(31)13-19-15-34-21(28-19)17-6-5-7-18(12-17)24(25,26)27/h5-7,12,15-16H,8-11,13-14H2,1-4H3. The molecule has 1 saturated heterocycles. The molecule has 0 saturated carbocycles. The van der Waals surface area contributed by atoms with Gasteiger partial charge < -0.3 is 14.5 Å². The van der Waals surface area contributed by atoms with Crippen LogP contribution in [0, 0.1) is 5.92 Å². The Morgan fingerprint density at radius 2 is 1.88 bits per heavy atom. The average Bonchev–Trinajstić information content (AvgIpc) is 3.21. The summed E-state index contributed by atoms with van der Waals surface area (Å²) in [4.78, 5) is 32.7. The maximum absolute atomic E-state index is 13.0. The molecule has 1 fully saturated rings. The molecule has 186 valence electrons. The highest BCUT2D eigenvalue weighted by atomic mass is 32.1. The third-order valence-corrected chi connectivity index (χ3v) is 6.47. The lowest BCUT2D eigenvalue weighted by molar-refractivity contribution is -0.137. The van der Waals surface area contributed by atoms with Crippen LogP contribution in [0.25, 0.3) is 10.6 Å². The summed E-state index contributed by atoms with van der Waals surface area (Å²) in [6.07, 6.45) is -3.10. The summed E-state index contributed by atoms with van der Waals surface area (Å²) in [5.74, 6) is 0.230. The number of amides is 2. The third kappa shape index (κ3) is 7.19. The van der Waals surface area contributed by atoms with Gasteiger partial charge in [0.2, 0.25) is 5.91 Å². The molecule has 0 radical (unpaired) electrons. The predicted molar refractivity (Wildman–Crippen MR) is 124 cm³/mol. The van der Waals surface area contributed by atoms with Crippen LogP contribution in [0.2, 0.25) is 0 Å². The second-order valence-corrected chi connectivity index (χ2v) is 10.4. The van der Waals surface area contributed by atoms with Gasteiger partial charge in [-0.15, -0.1) is 11.3 Å². The van der Waals surface area contributed by atoms with Gasteiger partial charge in [0, 0.05) is 37.6 Å². The van der Waals surface area contributed by atoms with Crippen molar-refractivity contribution in [3.8, 4) is 10.6 Å². The minimum Gasteiger partial charge on any atom is -0.444 e. The highest BCUT2D eigenvalue weighted by Crippen LogP contribution is 2.33. The quantitative estimate of drug-likeness (QED) is 0.549. The molecule has 3 rings (SSSR count). The van der Waals surface area contributed by atoms with Crippen molar-refractivity contribution in [2.45, 2.75) is 51.8 Å². The fourth-order valence-corrected chi connectivity index (χ4v) is 4.60. The molecule has 1 aliphatic heterocycles. The van der Waals surface area contributed by atoms with Crippen molar-refractivity contribution in [1.29, 1.82) is 0 Å². The van der Waals surface area contributed by atoms with Crippen LogP contribution in [0.5, 0.6) is 0 Å². The first-order valence-electron chi connectivity index (χ1n) is 11.2. The van der Waals surface area contributed by atoms with E-state index in [4.69, 9.17) is 4.74 Å². The Hall–Kier alpha value is -2.62. The number of nitrogens with zero attached hydrogens (tertiary/aromatic N) is 3. The number of aromatic nitrogens is 1. The number of hydrogen-bond acceptors (Lipinski definition) is 5. The number of halogens is 3. The van der Waals surface area contributed by atoms with Crippen LogP contribution in [-0.4, -0.2) is 59.1 Å². The van der Waals surface area contributed by atoms with Gasteiger partial charge in [0.1, 0.15) is 10.6 Å². The first-order chi connectivity index (χ1) is 15.8. The second kappa shape index (κ2) is 10.3.